The van der Waals surface area contributed by atoms with Gasteiger partial charge in [0.1, 0.15) is 0 Å². The van der Waals surface area contributed by atoms with E-state index in [1.54, 1.807) is 0 Å². The van der Waals surface area contributed by atoms with E-state index in [4.69, 9.17) is 12.2 Å². The summed E-state index contributed by atoms with van der Waals surface area (Å²) in [4.78, 5) is 0. The van der Waals surface area contributed by atoms with Crippen molar-refractivity contribution in [2.45, 2.75) is 25.3 Å². The fourth-order valence-corrected chi connectivity index (χ4v) is 0.410. The number of terminal acetylenes is 1. The summed E-state index contributed by atoms with van der Waals surface area (Å²) >= 11 is 0. The van der Waals surface area contributed by atoms with Crippen LogP contribution in [0, 0.1) is 31.1 Å². The molecule has 0 aliphatic carbocycles. The number of hydrogen-bond donors (Lipinski definition) is 1. The fourth-order valence-electron chi connectivity index (χ4n) is 0.410. The third-order valence-electron chi connectivity index (χ3n) is 0.993. The molecule has 1 nitrogen and oxygen atoms in total. The summed E-state index contributed by atoms with van der Waals surface area (Å²) in [5.74, 6) is 8.22. The molecule has 53 valence electrons. The van der Waals surface area contributed by atoms with E-state index in [9.17, 15) is 0 Å². The van der Waals surface area contributed by atoms with Crippen molar-refractivity contribution in [3.8, 4) is 24.2 Å². The SMILES string of the molecule is C#CCCC#CC(N)C[CH2]. The summed E-state index contributed by atoms with van der Waals surface area (Å²) in [7, 11) is 0. The molecule has 0 spiro atoms. The van der Waals surface area contributed by atoms with E-state index in [0.29, 0.717) is 12.8 Å². The van der Waals surface area contributed by atoms with Crippen LogP contribution in [0.4, 0.5) is 0 Å². The smallest absolute Gasteiger partial charge is 0.0664 e. The molecule has 1 radical (unpaired) electrons. The fraction of sp³-hybridized carbons (Fsp3) is 0.444. The van der Waals surface area contributed by atoms with Crippen molar-refractivity contribution >= 4 is 0 Å². The molecule has 0 aromatic carbocycles. The van der Waals surface area contributed by atoms with Gasteiger partial charge in [-0.25, -0.2) is 0 Å². The Bertz CT molecular complexity index is 165. The number of nitrogens with two attached hydrogens (primary N) is 1. The lowest BCUT2D eigenvalue weighted by Crippen LogP contribution is -2.15. The highest BCUT2D eigenvalue weighted by atomic mass is 14.6. The highest BCUT2D eigenvalue weighted by molar-refractivity contribution is 5.08. The van der Waals surface area contributed by atoms with Crippen LogP contribution in [0.3, 0.4) is 0 Å². The molecule has 0 aromatic heterocycles. The number of rotatable bonds is 2. The van der Waals surface area contributed by atoms with Gasteiger partial charge >= 0.3 is 0 Å². The minimum Gasteiger partial charge on any atom is -0.318 e. The van der Waals surface area contributed by atoms with E-state index < -0.39 is 0 Å². The molecule has 0 heterocycles. The van der Waals surface area contributed by atoms with Gasteiger partial charge in [0.2, 0.25) is 0 Å². The van der Waals surface area contributed by atoms with Crippen molar-refractivity contribution in [1.29, 1.82) is 0 Å². The maximum absolute atomic E-state index is 5.47. The first-order valence-corrected chi connectivity index (χ1v) is 3.28. The highest BCUT2D eigenvalue weighted by Gasteiger charge is 1.87. The van der Waals surface area contributed by atoms with Crippen molar-refractivity contribution in [3.05, 3.63) is 6.92 Å². The lowest BCUT2D eigenvalue weighted by Gasteiger charge is -1.93. The zero-order valence-electron chi connectivity index (χ0n) is 6.06. The lowest BCUT2D eigenvalue weighted by molar-refractivity contribution is 0.857. The Morgan fingerprint density at radius 3 is 2.70 bits per heavy atom. The minimum atomic E-state index is -0.0854. The van der Waals surface area contributed by atoms with Crippen molar-refractivity contribution in [3.63, 3.8) is 0 Å². The minimum absolute atomic E-state index is 0.0854. The Morgan fingerprint density at radius 1 is 1.50 bits per heavy atom. The Kier molecular flexibility index (Phi) is 5.63. The van der Waals surface area contributed by atoms with Crippen molar-refractivity contribution in [2.75, 3.05) is 0 Å². The molecule has 0 saturated heterocycles. The standard InChI is InChI=1S/C9H12N/c1-3-5-6-7-8-9(10)4-2/h1,9H,2,4-6,10H2. The highest BCUT2D eigenvalue weighted by Crippen LogP contribution is 1.85. The molecule has 1 unspecified atom stereocenters. The molecule has 0 bridgehead atoms. The van der Waals surface area contributed by atoms with Gasteiger partial charge in [-0.05, 0) is 6.42 Å². The van der Waals surface area contributed by atoms with Crippen LogP contribution in [0.2, 0.25) is 0 Å². The predicted octanol–water partition coefficient (Wildman–Crippen LogP) is 0.955. The number of unbranched alkanes of at least 4 members (excludes halogenated alkanes) is 1. The molecule has 0 saturated carbocycles. The van der Waals surface area contributed by atoms with Crippen molar-refractivity contribution in [1.82, 2.24) is 0 Å². The summed E-state index contributed by atoms with van der Waals surface area (Å²) < 4.78 is 0. The third-order valence-corrected chi connectivity index (χ3v) is 0.993. The molecular weight excluding hydrogens is 122 g/mol. The molecule has 2 N–H and O–H groups in total. The second-order valence-electron chi connectivity index (χ2n) is 1.92. The summed E-state index contributed by atoms with van der Waals surface area (Å²) in [6.45, 7) is 3.62. The maximum Gasteiger partial charge on any atom is 0.0664 e. The van der Waals surface area contributed by atoms with E-state index in [0.717, 1.165) is 6.42 Å². The lowest BCUT2D eigenvalue weighted by atomic mass is 10.2. The molecule has 1 atom stereocenters. The van der Waals surface area contributed by atoms with Gasteiger partial charge in [-0.2, -0.15) is 0 Å². The molecule has 1 heteroatoms. The molecule has 0 amide bonds. The van der Waals surface area contributed by atoms with Gasteiger partial charge in [-0.1, -0.05) is 12.8 Å². The van der Waals surface area contributed by atoms with E-state index in [1.807, 2.05) is 0 Å². The topological polar surface area (TPSA) is 26.0 Å². The number of hydrogen-bond acceptors (Lipinski definition) is 1. The average Bonchev–Trinajstić information content (AvgIpc) is 1.98. The summed E-state index contributed by atoms with van der Waals surface area (Å²) in [5.41, 5.74) is 5.47. The van der Waals surface area contributed by atoms with Crippen LogP contribution >= 0.6 is 0 Å². The second kappa shape index (κ2) is 6.20. The molecule has 0 aliphatic heterocycles. The molecule has 10 heavy (non-hydrogen) atoms. The molecule has 0 fully saturated rings. The van der Waals surface area contributed by atoms with Crippen molar-refractivity contribution < 1.29 is 0 Å². The Morgan fingerprint density at radius 2 is 2.20 bits per heavy atom. The molecule has 0 rings (SSSR count). The first-order valence-electron chi connectivity index (χ1n) is 3.28. The molecule has 0 aliphatic rings. The largest absolute Gasteiger partial charge is 0.318 e. The normalized spacial score (nSPS) is 10.9. The Labute approximate surface area is 63.0 Å². The Hall–Kier alpha value is -0.920. The van der Waals surface area contributed by atoms with Crippen LogP contribution in [-0.4, -0.2) is 6.04 Å². The van der Waals surface area contributed by atoms with Gasteiger partial charge in [0.15, 0.2) is 0 Å². The molecular formula is C9H12N. The van der Waals surface area contributed by atoms with Gasteiger partial charge < -0.3 is 5.73 Å². The molecule has 0 aromatic rings. The Balaban J connectivity index is 3.40. The van der Waals surface area contributed by atoms with Crippen LogP contribution < -0.4 is 5.73 Å². The van der Waals surface area contributed by atoms with Crippen LogP contribution in [0.15, 0.2) is 0 Å². The average molecular weight is 134 g/mol. The van der Waals surface area contributed by atoms with E-state index in [2.05, 4.69) is 24.7 Å². The van der Waals surface area contributed by atoms with E-state index >= 15 is 0 Å². The van der Waals surface area contributed by atoms with E-state index in [-0.39, 0.29) is 6.04 Å². The summed E-state index contributed by atoms with van der Waals surface area (Å²) in [6.07, 6.45) is 7.12. The van der Waals surface area contributed by atoms with Crippen LogP contribution in [-0.2, 0) is 0 Å². The summed E-state index contributed by atoms with van der Waals surface area (Å²) in [5, 5.41) is 0. The van der Waals surface area contributed by atoms with Crippen LogP contribution in [0.25, 0.3) is 0 Å². The predicted molar refractivity (Wildman–Crippen MR) is 43.8 cm³/mol. The second-order valence-corrected chi connectivity index (χ2v) is 1.92. The quantitative estimate of drug-likeness (QED) is 0.441. The zero-order valence-corrected chi connectivity index (χ0v) is 6.06. The van der Waals surface area contributed by atoms with Gasteiger partial charge in [0.05, 0.1) is 6.04 Å². The van der Waals surface area contributed by atoms with Crippen LogP contribution in [0.5, 0.6) is 0 Å². The maximum atomic E-state index is 5.47. The van der Waals surface area contributed by atoms with Gasteiger partial charge in [0, 0.05) is 12.8 Å². The first kappa shape index (κ1) is 9.08. The van der Waals surface area contributed by atoms with Gasteiger partial charge in [-0.3, -0.25) is 0 Å². The summed E-state index contributed by atoms with van der Waals surface area (Å²) in [6, 6.07) is -0.0854. The third kappa shape index (κ3) is 5.22. The van der Waals surface area contributed by atoms with E-state index in [1.165, 1.54) is 0 Å². The zero-order chi connectivity index (χ0) is 7.82. The first-order chi connectivity index (χ1) is 4.81. The monoisotopic (exact) mass is 134 g/mol. The van der Waals surface area contributed by atoms with Gasteiger partial charge in [-0.15, -0.1) is 18.3 Å². The van der Waals surface area contributed by atoms with Gasteiger partial charge in [0.25, 0.3) is 0 Å². The van der Waals surface area contributed by atoms with Crippen molar-refractivity contribution in [2.24, 2.45) is 5.73 Å². The van der Waals surface area contributed by atoms with Crippen LogP contribution in [0.1, 0.15) is 19.3 Å².